The van der Waals surface area contributed by atoms with Crippen molar-refractivity contribution in [2.45, 2.75) is 37.3 Å². The highest BCUT2D eigenvalue weighted by Crippen LogP contribution is 2.34. The molecule has 0 amide bonds. The van der Waals surface area contributed by atoms with Crippen LogP contribution in [0.1, 0.15) is 17.4 Å². The van der Waals surface area contributed by atoms with E-state index >= 15 is 0 Å². The van der Waals surface area contributed by atoms with Crippen molar-refractivity contribution in [2.24, 2.45) is 0 Å². The minimum atomic E-state index is -4.73. The lowest BCUT2D eigenvalue weighted by Gasteiger charge is -2.17. The van der Waals surface area contributed by atoms with Crippen LogP contribution in [0.4, 0.5) is 23.4 Å². The number of halogens is 4. The van der Waals surface area contributed by atoms with Crippen molar-refractivity contribution in [2.75, 3.05) is 11.9 Å². The third-order valence-corrected chi connectivity index (χ3v) is 5.01. The van der Waals surface area contributed by atoms with Gasteiger partial charge in [0.25, 0.3) is 0 Å². The van der Waals surface area contributed by atoms with Crippen LogP contribution in [0.15, 0.2) is 30.9 Å². The first-order chi connectivity index (χ1) is 14.7. The van der Waals surface area contributed by atoms with Crippen LogP contribution in [-0.4, -0.2) is 59.8 Å². The van der Waals surface area contributed by atoms with Crippen LogP contribution >= 0.6 is 0 Å². The first kappa shape index (κ1) is 21.4. The number of aliphatic hydroxyl groups excluding tert-OH is 3. The lowest BCUT2D eigenvalue weighted by atomic mass is 10.1. The van der Waals surface area contributed by atoms with E-state index in [1.165, 1.54) is 10.9 Å². The van der Waals surface area contributed by atoms with Crippen molar-refractivity contribution < 1.29 is 37.6 Å². The van der Waals surface area contributed by atoms with Gasteiger partial charge in [0.15, 0.2) is 23.2 Å². The van der Waals surface area contributed by atoms with Gasteiger partial charge in [-0.05, 0) is 12.1 Å². The van der Waals surface area contributed by atoms with Gasteiger partial charge in [0.2, 0.25) is 0 Å². The maximum atomic E-state index is 14.1. The zero-order valence-electron chi connectivity index (χ0n) is 15.7. The van der Waals surface area contributed by atoms with E-state index in [-0.39, 0.29) is 17.0 Å². The molecular weight excluding hydrogens is 426 g/mol. The summed E-state index contributed by atoms with van der Waals surface area (Å²) in [5, 5.41) is 32.0. The van der Waals surface area contributed by atoms with Crippen LogP contribution in [0.2, 0.25) is 0 Å². The van der Waals surface area contributed by atoms with E-state index in [9.17, 15) is 32.9 Å². The Hall–Kier alpha value is -2.87. The number of nitrogens with zero attached hydrogens (tertiary/aromatic N) is 4. The second kappa shape index (κ2) is 8.00. The average Bonchev–Trinajstić information content (AvgIpc) is 3.28. The summed E-state index contributed by atoms with van der Waals surface area (Å²) < 4.78 is 60.4. The first-order valence-corrected chi connectivity index (χ1v) is 9.10. The van der Waals surface area contributed by atoms with Crippen LogP contribution < -0.4 is 5.32 Å². The highest BCUT2D eigenvalue weighted by Gasteiger charge is 2.44. The molecule has 1 aliphatic rings. The zero-order valence-corrected chi connectivity index (χ0v) is 15.7. The molecule has 3 heterocycles. The van der Waals surface area contributed by atoms with Crippen molar-refractivity contribution in [3.8, 4) is 0 Å². The quantitative estimate of drug-likeness (QED) is 0.434. The highest BCUT2D eigenvalue weighted by atomic mass is 19.4. The monoisotopic (exact) mass is 443 g/mol. The molecule has 1 unspecified atom stereocenters. The van der Waals surface area contributed by atoms with Crippen molar-refractivity contribution in [1.82, 2.24) is 19.5 Å². The van der Waals surface area contributed by atoms with Crippen LogP contribution in [0, 0.1) is 5.82 Å². The standard InChI is InChI=1S/C18H17F4N5O4/c19-10-3-1-2-9(18(20,21)22)8(10)4-23-15-12-16(25-6-24-15)27(7-26-12)17-14(30)13(29)11(5-28)31-17/h1-3,6-7,11,13-14,17,28-30H,4-5H2,(H,23,24,25)/t11-,13-,14+,17?/m1/s1. The normalized spacial score (nSPS) is 24.1. The SMILES string of the molecule is OC[C@H]1OC(n2cnc3c(NCc4c(F)cccc4C(F)(F)F)ncnc32)[C@@H](O)[C@@H]1O. The summed E-state index contributed by atoms with van der Waals surface area (Å²) in [5.74, 6) is -0.989. The number of alkyl halides is 3. The third kappa shape index (κ3) is 3.80. The van der Waals surface area contributed by atoms with E-state index in [1.54, 1.807) is 0 Å². The molecule has 13 heteroatoms. The molecule has 9 nitrogen and oxygen atoms in total. The summed E-state index contributed by atoms with van der Waals surface area (Å²) in [5.41, 5.74) is -1.41. The molecule has 0 aliphatic carbocycles. The molecule has 0 radical (unpaired) electrons. The van der Waals surface area contributed by atoms with E-state index in [1.807, 2.05) is 0 Å². The van der Waals surface area contributed by atoms with Crippen LogP contribution in [0.3, 0.4) is 0 Å². The molecule has 1 aromatic carbocycles. The molecule has 3 aromatic rings. The van der Waals surface area contributed by atoms with Crippen LogP contribution in [-0.2, 0) is 17.5 Å². The van der Waals surface area contributed by atoms with Crippen molar-refractivity contribution in [3.05, 3.63) is 47.8 Å². The largest absolute Gasteiger partial charge is 0.416 e. The summed E-state index contributed by atoms with van der Waals surface area (Å²) in [6, 6.07) is 2.69. The van der Waals surface area contributed by atoms with E-state index in [0.29, 0.717) is 0 Å². The van der Waals surface area contributed by atoms with Crippen LogP contribution in [0.5, 0.6) is 0 Å². The lowest BCUT2D eigenvalue weighted by molar-refractivity contribution is -0.138. The molecular formula is C18H17F4N5O4. The Labute approximate surface area is 172 Å². The minimum Gasteiger partial charge on any atom is -0.394 e. The molecule has 0 saturated carbocycles. The van der Waals surface area contributed by atoms with Gasteiger partial charge in [-0.3, -0.25) is 4.57 Å². The molecule has 1 fully saturated rings. The van der Waals surface area contributed by atoms with Crippen LogP contribution in [0.25, 0.3) is 11.2 Å². The number of nitrogens with one attached hydrogen (secondary N) is 1. The molecule has 0 bridgehead atoms. The number of aromatic nitrogens is 4. The van der Waals surface area contributed by atoms with Gasteiger partial charge in [-0.1, -0.05) is 6.07 Å². The summed E-state index contributed by atoms with van der Waals surface area (Å²) in [6.07, 6.45) is -7.23. The predicted octanol–water partition coefficient (Wildman–Crippen LogP) is 1.21. The Bertz CT molecular complexity index is 1090. The molecule has 2 aromatic heterocycles. The third-order valence-electron chi connectivity index (χ3n) is 5.01. The second-order valence-corrected chi connectivity index (χ2v) is 6.89. The molecule has 1 saturated heterocycles. The number of hydrogen-bond donors (Lipinski definition) is 4. The Morgan fingerprint density at radius 1 is 1.13 bits per heavy atom. The Kier molecular flexibility index (Phi) is 5.51. The number of aliphatic hydroxyl groups is 3. The van der Waals surface area contributed by atoms with E-state index < -0.39 is 60.8 Å². The molecule has 166 valence electrons. The lowest BCUT2D eigenvalue weighted by Crippen LogP contribution is -2.33. The summed E-state index contributed by atoms with van der Waals surface area (Å²) in [7, 11) is 0. The van der Waals surface area contributed by atoms with E-state index in [2.05, 4.69) is 20.3 Å². The Morgan fingerprint density at radius 2 is 1.90 bits per heavy atom. The van der Waals surface area contributed by atoms with Gasteiger partial charge in [-0.2, -0.15) is 13.2 Å². The van der Waals surface area contributed by atoms with E-state index in [4.69, 9.17) is 4.74 Å². The predicted molar refractivity (Wildman–Crippen MR) is 97.1 cm³/mol. The highest BCUT2D eigenvalue weighted by molar-refractivity contribution is 5.82. The minimum absolute atomic E-state index is 0.0341. The maximum absolute atomic E-state index is 14.1. The number of anilines is 1. The summed E-state index contributed by atoms with van der Waals surface area (Å²) >= 11 is 0. The van der Waals surface area contributed by atoms with Gasteiger partial charge < -0.3 is 25.4 Å². The fourth-order valence-electron chi connectivity index (χ4n) is 3.45. The van der Waals surface area contributed by atoms with E-state index in [0.717, 1.165) is 24.5 Å². The molecule has 4 N–H and O–H groups in total. The molecule has 4 rings (SSSR count). The smallest absolute Gasteiger partial charge is 0.394 e. The maximum Gasteiger partial charge on any atom is 0.416 e. The fraction of sp³-hybridized carbons (Fsp3) is 0.389. The molecule has 4 atom stereocenters. The number of ether oxygens (including phenoxy) is 1. The van der Waals surface area contributed by atoms with Crippen molar-refractivity contribution in [1.29, 1.82) is 0 Å². The second-order valence-electron chi connectivity index (χ2n) is 6.89. The topological polar surface area (TPSA) is 126 Å². The summed E-state index contributed by atoms with van der Waals surface area (Å²) in [6.45, 7) is -1.04. The first-order valence-electron chi connectivity index (χ1n) is 9.10. The molecule has 1 aliphatic heterocycles. The van der Waals surface area contributed by atoms with Gasteiger partial charge in [-0.25, -0.2) is 19.3 Å². The number of benzene rings is 1. The Morgan fingerprint density at radius 3 is 2.58 bits per heavy atom. The molecule has 0 spiro atoms. The van der Waals surface area contributed by atoms with Gasteiger partial charge in [0, 0.05) is 12.1 Å². The number of imidazole rings is 1. The Balaban J connectivity index is 1.64. The average molecular weight is 443 g/mol. The molecule has 31 heavy (non-hydrogen) atoms. The zero-order chi connectivity index (χ0) is 22.3. The van der Waals surface area contributed by atoms with Gasteiger partial charge in [-0.15, -0.1) is 0 Å². The summed E-state index contributed by atoms with van der Waals surface area (Å²) in [4.78, 5) is 12.1. The van der Waals surface area contributed by atoms with Gasteiger partial charge in [0.1, 0.15) is 30.5 Å². The van der Waals surface area contributed by atoms with Crippen molar-refractivity contribution in [3.63, 3.8) is 0 Å². The fourth-order valence-corrected chi connectivity index (χ4v) is 3.45. The number of fused-ring (bicyclic) bond motifs is 1. The van der Waals surface area contributed by atoms with Crippen molar-refractivity contribution >= 4 is 17.0 Å². The number of rotatable bonds is 5. The number of hydrogen-bond acceptors (Lipinski definition) is 8. The van der Waals surface area contributed by atoms with Gasteiger partial charge >= 0.3 is 6.18 Å². The van der Waals surface area contributed by atoms with Gasteiger partial charge in [0.05, 0.1) is 18.5 Å².